The Hall–Kier alpha value is -0.570. The normalized spacial score (nSPS) is 55.5. The summed E-state index contributed by atoms with van der Waals surface area (Å²) in [6.07, 6.45) is 9.24. The molecule has 24 heavy (non-hydrogen) atoms. The predicted molar refractivity (Wildman–Crippen MR) is 93.5 cm³/mol. The molecule has 4 saturated carbocycles. The van der Waals surface area contributed by atoms with Gasteiger partial charge in [0.05, 0.1) is 11.0 Å². The number of hydrogen-bond acceptors (Lipinski definition) is 2. The van der Waals surface area contributed by atoms with Crippen LogP contribution in [0.4, 0.5) is 0 Å². The minimum Gasteiger partial charge on any atom is -0.481 e. The van der Waals surface area contributed by atoms with E-state index in [9.17, 15) is 15.0 Å². The molecule has 4 rings (SSSR count). The maximum atomic E-state index is 12.1. The maximum Gasteiger partial charge on any atom is 0.309 e. The van der Waals surface area contributed by atoms with Gasteiger partial charge in [0.1, 0.15) is 0 Å². The Kier molecular flexibility index (Phi) is 3.22. The van der Waals surface area contributed by atoms with Crippen LogP contribution >= 0.6 is 0 Å². The summed E-state index contributed by atoms with van der Waals surface area (Å²) in [6.45, 7) is 8.91. The number of aliphatic carboxylic acids is 1. The quantitative estimate of drug-likeness (QED) is 0.735. The van der Waals surface area contributed by atoms with Crippen LogP contribution in [0.2, 0.25) is 0 Å². The minimum atomic E-state index is -0.589. The molecule has 0 aromatic rings. The van der Waals surface area contributed by atoms with Crippen molar-refractivity contribution in [3.05, 3.63) is 0 Å². The van der Waals surface area contributed by atoms with Crippen molar-refractivity contribution in [2.45, 2.75) is 91.1 Å². The molecule has 1 spiro atoms. The van der Waals surface area contributed by atoms with Gasteiger partial charge in [0.2, 0.25) is 0 Å². The number of carbonyl (C=O) groups is 1. The molecule has 4 fully saturated rings. The number of hydrogen-bond donors (Lipinski definition) is 2. The van der Waals surface area contributed by atoms with Gasteiger partial charge in [-0.1, -0.05) is 27.2 Å². The van der Waals surface area contributed by atoms with Gasteiger partial charge >= 0.3 is 5.97 Å². The lowest BCUT2D eigenvalue weighted by Gasteiger charge is -2.63. The van der Waals surface area contributed by atoms with Gasteiger partial charge in [0.15, 0.2) is 0 Å². The van der Waals surface area contributed by atoms with Crippen LogP contribution in [0.3, 0.4) is 0 Å². The fourth-order valence-electron chi connectivity index (χ4n) is 8.34. The number of rotatable bonds is 1. The highest BCUT2D eigenvalue weighted by Gasteiger charge is 2.70. The van der Waals surface area contributed by atoms with Crippen molar-refractivity contribution in [3.63, 3.8) is 0 Å². The summed E-state index contributed by atoms with van der Waals surface area (Å²) in [5.41, 5.74) is -0.687. The molecule has 6 atom stereocenters. The monoisotopic (exact) mass is 334 g/mol. The van der Waals surface area contributed by atoms with Crippen LogP contribution < -0.4 is 0 Å². The van der Waals surface area contributed by atoms with Gasteiger partial charge in [-0.3, -0.25) is 4.79 Å². The zero-order chi connectivity index (χ0) is 17.6. The van der Waals surface area contributed by atoms with Gasteiger partial charge in [-0.05, 0) is 86.4 Å². The molecular weight excluding hydrogens is 300 g/mol. The van der Waals surface area contributed by atoms with Crippen molar-refractivity contribution in [3.8, 4) is 0 Å². The molecule has 0 aromatic carbocycles. The smallest absolute Gasteiger partial charge is 0.309 e. The van der Waals surface area contributed by atoms with E-state index >= 15 is 0 Å². The highest BCUT2D eigenvalue weighted by atomic mass is 16.4. The van der Waals surface area contributed by atoms with Crippen LogP contribution in [0.15, 0.2) is 0 Å². The van der Waals surface area contributed by atoms with E-state index in [0.29, 0.717) is 11.8 Å². The van der Waals surface area contributed by atoms with Crippen LogP contribution in [0.25, 0.3) is 0 Å². The van der Waals surface area contributed by atoms with Crippen LogP contribution in [0.1, 0.15) is 85.5 Å². The standard InChI is InChI=1S/C21H34O3/c1-17(2)12-20-10-6-14-18(3,8-5-9-19(14,4)16(22)23)15(20)7-11-21(17,24)13-20/h14-15,24H,5-13H2,1-4H3,(H,22,23)/t14-,15-,18+,19+,20+,21-/m0/s1. The first kappa shape index (κ1) is 16.9. The van der Waals surface area contributed by atoms with E-state index in [0.717, 1.165) is 51.4 Å². The largest absolute Gasteiger partial charge is 0.481 e. The van der Waals surface area contributed by atoms with Crippen molar-refractivity contribution in [1.29, 1.82) is 0 Å². The molecule has 4 aliphatic carbocycles. The second kappa shape index (κ2) is 4.58. The number of aliphatic hydroxyl groups is 1. The third-order valence-corrected chi connectivity index (χ3v) is 9.48. The SMILES string of the molecule is CC1(C)C[C@@]23CC[C@H]4[C@@](C)(CCC[C@@]4(C)C(=O)O)[C@@H]2CC[C@]1(O)C3. The van der Waals surface area contributed by atoms with E-state index in [1.165, 1.54) is 6.42 Å². The lowest BCUT2D eigenvalue weighted by atomic mass is 9.41. The second-order valence-corrected chi connectivity index (χ2v) is 10.9. The average Bonchev–Trinajstić information content (AvgIpc) is 2.59. The van der Waals surface area contributed by atoms with Gasteiger partial charge in [-0.25, -0.2) is 0 Å². The van der Waals surface area contributed by atoms with Crippen LogP contribution in [0, 0.1) is 33.5 Å². The van der Waals surface area contributed by atoms with Gasteiger partial charge in [0.25, 0.3) is 0 Å². The first-order valence-electron chi connectivity index (χ1n) is 9.95. The molecule has 0 amide bonds. The molecule has 0 heterocycles. The molecule has 0 radical (unpaired) electrons. The summed E-state index contributed by atoms with van der Waals surface area (Å²) >= 11 is 0. The molecule has 0 aromatic heterocycles. The fraction of sp³-hybridized carbons (Fsp3) is 0.952. The highest BCUT2D eigenvalue weighted by Crippen LogP contribution is 2.75. The highest BCUT2D eigenvalue weighted by molar-refractivity contribution is 5.75. The first-order chi connectivity index (χ1) is 11.0. The minimum absolute atomic E-state index is 0.00425. The molecule has 0 aliphatic heterocycles. The van der Waals surface area contributed by atoms with Gasteiger partial charge in [-0.15, -0.1) is 0 Å². The Morgan fingerprint density at radius 2 is 1.58 bits per heavy atom. The maximum absolute atomic E-state index is 12.1. The molecule has 136 valence electrons. The Bertz CT molecular complexity index is 580. The van der Waals surface area contributed by atoms with E-state index in [1.807, 2.05) is 6.92 Å². The Morgan fingerprint density at radius 1 is 0.917 bits per heavy atom. The number of fused-ring (bicyclic) bond motifs is 3. The third-order valence-electron chi connectivity index (χ3n) is 9.48. The van der Waals surface area contributed by atoms with Crippen molar-refractivity contribution < 1.29 is 15.0 Å². The average molecular weight is 335 g/mol. The summed E-state index contributed by atoms with van der Waals surface area (Å²) < 4.78 is 0. The zero-order valence-corrected chi connectivity index (χ0v) is 15.8. The molecule has 3 nitrogen and oxygen atoms in total. The molecule has 2 N–H and O–H groups in total. The van der Waals surface area contributed by atoms with E-state index in [1.54, 1.807) is 0 Å². The Morgan fingerprint density at radius 3 is 2.25 bits per heavy atom. The van der Waals surface area contributed by atoms with Crippen LogP contribution in [-0.4, -0.2) is 21.8 Å². The third kappa shape index (κ3) is 1.80. The lowest BCUT2D eigenvalue weighted by molar-refractivity contribution is -0.187. The molecule has 0 unspecified atom stereocenters. The van der Waals surface area contributed by atoms with Crippen LogP contribution in [-0.2, 0) is 4.79 Å². The van der Waals surface area contributed by atoms with E-state index in [2.05, 4.69) is 20.8 Å². The summed E-state index contributed by atoms with van der Waals surface area (Å²) in [6, 6.07) is 0. The number of carboxylic acids is 1. The first-order valence-corrected chi connectivity index (χ1v) is 9.95. The van der Waals surface area contributed by atoms with E-state index < -0.39 is 17.0 Å². The zero-order valence-electron chi connectivity index (χ0n) is 15.8. The molecule has 0 saturated heterocycles. The molecule has 4 aliphatic rings. The lowest BCUT2D eigenvalue weighted by Crippen LogP contribution is -2.59. The second-order valence-electron chi connectivity index (χ2n) is 10.9. The predicted octanol–water partition coefficient (Wildman–Crippen LogP) is 4.63. The van der Waals surface area contributed by atoms with Crippen molar-refractivity contribution in [1.82, 2.24) is 0 Å². The Labute approximate surface area is 146 Å². The summed E-state index contributed by atoms with van der Waals surface area (Å²) in [5, 5.41) is 21.2. The Balaban J connectivity index is 1.76. The van der Waals surface area contributed by atoms with Crippen molar-refractivity contribution in [2.24, 2.45) is 33.5 Å². The van der Waals surface area contributed by atoms with E-state index in [4.69, 9.17) is 0 Å². The summed E-state index contributed by atoms with van der Waals surface area (Å²) in [7, 11) is 0. The molecule has 2 bridgehead atoms. The van der Waals surface area contributed by atoms with Gasteiger partial charge in [-0.2, -0.15) is 0 Å². The van der Waals surface area contributed by atoms with Gasteiger partial charge < -0.3 is 10.2 Å². The van der Waals surface area contributed by atoms with Crippen molar-refractivity contribution >= 4 is 5.97 Å². The molecule has 3 heteroatoms. The van der Waals surface area contributed by atoms with Crippen molar-refractivity contribution in [2.75, 3.05) is 0 Å². The van der Waals surface area contributed by atoms with E-state index in [-0.39, 0.29) is 16.2 Å². The number of carboxylic acid groups (broad SMARTS) is 1. The fourth-order valence-corrected chi connectivity index (χ4v) is 8.34. The summed E-state index contributed by atoms with van der Waals surface area (Å²) in [5.74, 6) is 0.292. The molecular formula is C21H34O3. The van der Waals surface area contributed by atoms with Crippen LogP contribution in [0.5, 0.6) is 0 Å². The summed E-state index contributed by atoms with van der Waals surface area (Å²) in [4.78, 5) is 12.1. The van der Waals surface area contributed by atoms with Gasteiger partial charge in [0, 0.05) is 0 Å². The topological polar surface area (TPSA) is 57.5 Å².